The number of halogens is 3. The fraction of sp³-hybridized carbons (Fsp3) is 0.273. The molecule has 1 heterocycles. The van der Waals surface area contributed by atoms with Crippen LogP contribution >= 0.6 is 11.3 Å². The number of alkyl halides is 3. The molecule has 176 valence electrons. The molecule has 0 aliphatic rings. The molecule has 2 aromatic carbocycles. The number of anilines is 1. The van der Waals surface area contributed by atoms with E-state index in [1.807, 2.05) is 0 Å². The maximum Gasteiger partial charge on any atom is 0.416 e. The van der Waals surface area contributed by atoms with Gasteiger partial charge >= 0.3 is 6.18 Å². The standard InChI is InChI=1S/C22H22F3N3O3S2/c1-13(2)33(30,31)28-18-10-4-15(5-11-18)12-26-20(29)19-14(3)27-21(32-19)16-6-8-17(9-7-16)22(23,24)25/h4-11,13,28H,12H2,1-3H3,(H,26,29). The van der Waals surface area contributed by atoms with Crippen molar-refractivity contribution in [3.63, 3.8) is 0 Å². The van der Waals surface area contributed by atoms with Crippen LogP contribution in [-0.2, 0) is 22.7 Å². The van der Waals surface area contributed by atoms with Crippen LogP contribution in [-0.4, -0.2) is 24.6 Å². The van der Waals surface area contributed by atoms with Crippen LogP contribution in [0.2, 0.25) is 0 Å². The zero-order valence-corrected chi connectivity index (χ0v) is 19.7. The number of thiazole rings is 1. The first-order valence-corrected chi connectivity index (χ1v) is 12.3. The van der Waals surface area contributed by atoms with Gasteiger partial charge in [-0.1, -0.05) is 24.3 Å². The Morgan fingerprint density at radius 3 is 2.21 bits per heavy atom. The van der Waals surface area contributed by atoms with Gasteiger partial charge in [-0.2, -0.15) is 13.2 Å². The molecule has 0 aliphatic carbocycles. The number of aryl methyl sites for hydroxylation is 1. The van der Waals surface area contributed by atoms with Crippen molar-refractivity contribution in [1.29, 1.82) is 0 Å². The molecule has 11 heteroatoms. The lowest BCUT2D eigenvalue weighted by Gasteiger charge is -2.11. The van der Waals surface area contributed by atoms with Crippen LogP contribution in [0.5, 0.6) is 0 Å². The molecule has 0 atom stereocenters. The second-order valence-corrected chi connectivity index (χ2v) is 10.8. The molecule has 0 radical (unpaired) electrons. The molecular formula is C22H22F3N3O3S2. The van der Waals surface area contributed by atoms with Crippen LogP contribution in [0.25, 0.3) is 10.6 Å². The molecular weight excluding hydrogens is 475 g/mol. The summed E-state index contributed by atoms with van der Waals surface area (Å²) in [5, 5.41) is 2.67. The normalized spacial score (nSPS) is 12.1. The average Bonchev–Trinajstić information content (AvgIpc) is 3.14. The van der Waals surface area contributed by atoms with E-state index in [-0.39, 0.29) is 12.5 Å². The number of nitrogens with one attached hydrogen (secondary N) is 2. The molecule has 6 nitrogen and oxygen atoms in total. The van der Waals surface area contributed by atoms with Crippen molar-refractivity contribution in [1.82, 2.24) is 10.3 Å². The molecule has 0 fully saturated rings. The Morgan fingerprint density at radius 2 is 1.67 bits per heavy atom. The van der Waals surface area contributed by atoms with Gasteiger partial charge in [-0.3, -0.25) is 9.52 Å². The Hall–Kier alpha value is -2.92. The summed E-state index contributed by atoms with van der Waals surface area (Å²) in [5.74, 6) is -0.354. The minimum Gasteiger partial charge on any atom is -0.347 e. The summed E-state index contributed by atoms with van der Waals surface area (Å²) in [6.45, 7) is 5.03. The first-order chi connectivity index (χ1) is 15.4. The fourth-order valence-corrected chi connectivity index (χ4v) is 4.46. The monoisotopic (exact) mass is 497 g/mol. The summed E-state index contributed by atoms with van der Waals surface area (Å²) < 4.78 is 64.6. The predicted octanol–water partition coefficient (Wildman–Crippen LogP) is 5.22. The van der Waals surface area contributed by atoms with Crippen LogP contribution in [0.4, 0.5) is 18.9 Å². The molecule has 33 heavy (non-hydrogen) atoms. The first kappa shape index (κ1) is 24.7. The summed E-state index contributed by atoms with van der Waals surface area (Å²) in [4.78, 5) is 17.3. The van der Waals surface area contributed by atoms with Gasteiger partial charge < -0.3 is 5.32 Å². The van der Waals surface area contributed by atoms with Gasteiger partial charge in [0.25, 0.3) is 5.91 Å². The Morgan fingerprint density at radius 1 is 1.06 bits per heavy atom. The van der Waals surface area contributed by atoms with Crippen LogP contribution in [0.15, 0.2) is 48.5 Å². The van der Waals surface area contributed by atoms with E-state index < -0.39 is 27.0 Å². The quantitative estimate of drug-likeness (QED) is 0.469. The van der Waals surface area contributed by atoms with Crippen molar-refractivity contribution in [2.75, 3.05) is 4.72 Å². The lowest BCUT2D eigenvalue weighted by molar-refractivity contribution is -0.137. The van der Waals surface area contributed by atoms with Crippen LogP contribution in [0.3, 0.4) is 0 Å². The molecule has 0 aliphatic heterocycles. The summed E-state index contributed by atoms with van der Waals surface area (Å²) in [6.07, 6.45) is -4.42. The number of aromatic nitrogens is 1. The van der Waals surface area contributed by atoms with E-state index >= 15 is 0 Å². The van der Waals surface area contributed by atoms with Gasteiger partial charge in [0.15, 0.2) is 0 Å². The number of amides is 1. The van der Waals surface area contributed by atoms with E-state index in [0.717, 1.165) is 29.0 Å². The number of hydrogen-bond acceptors (Lipinski definition) is 5. The Kier molecular flexibility index (Phi) is 7.13. The zero-order valence-electron chi connectivity index (χ0n) is 18.0. The van der Waals surface area contributed by atoms with E-state index in [2.05, 4.69) is 15.0 Å². The average molecular weight is 498 g/mol. The van der Waals surface area contributed by atoms with E-state index in [1.54, 1.807) is 45.0 Å². The topological polar surface area (TPSA) is 88.2 Å². The van der Waals surface area contributed by atoms with E-state index in [1.165, 1.54) is 12.1 Å². The minimum absolute atomic E-state index is 0.211. The smallest absolute Gasteiger partial charge is 0.347 e. The van der Waals surface area contributed by atoms with Crippen LogP contribution in [0.1, 0.15) is 40.3 Å². The molecule has 2 N–H and O–H groups in total. The van der Waals surface area contributed by atoms with Gasteiger partial charge in [0.1, 0.15) is 9.88 Å². The lowest BCUT2D eigenvalue weighted by atomic mass is 10.1. The third-order valence-corrected chi connectivity index (χ3v) is 7.72. The van der Waals surface area contributed by atoms with Gasteiger partial charge in [-0.25, -0.2) is 13.4 Å². The summed E-state index contributed by atoms with van der Waals surface area (Å²) in [5.41, 5.74) is 1.42. The third kappa shape index (κ3) is 6.11. The Labute approximate surface area is 193 Å². The number of rotatable bonds is 7. The number of benzene rings is 2. The second-order valence-electron chi connectivity index (χ2n) is 7.58. The molecule has 3 rings (SSSR count). The van der Waals surface area contributed by atoms with E-state index in [9.17, 15) is 26.4 Å². The molecule has 3 aromatic rings. The van der Waals surface area contributed by atoms with Crippen molar-refractivity contribution >= 4 is 33.0 Å². The zero-order chi connectivity index (χ0) is 24.4. The summed E-state index contributed by atoms with van der Waals surface area (Å²) >= 11 is 1.10. The SMILES string of the molecule is Cc1nc(-c2ccc(C(F)(F)F)cc2)sc1C(=O)NCc1ccc(NS(=O)(=O)C(C)C)cc1. The number of carbonyl (C=O) groups excluding carboxylic acids is 1. The van der Waals surface area contributed by atoms with E-state index in [0.29, 0.717) is 26.8 Å². The Balaban J connectivity index is 1.65. The largest absolute Gasteiger partial charge is 0.416 e. The molecule has 1 aromatic heterocycles. The van der Waals surface area contributed by atoms with Crippen molar-refractivity contribution < 1.29 is 26.4 Å². The summed E-state index contributed by atoms with van der Waals surface area (Å²) in [7, 11) is -3.44. The highest BCUT2D eigenvalue weighted by Crippen LogP contribution is 2.33. The highest BCUT2D eigenvalue weighted by Gasteiger charge is 2.30. The highest BCUT2D eigenvalue weighted by molar-refractivity contribution is 7.93. The van der Waals surface area contributed by atoms with Gasteiger partial charge in [0, 0.05) is 17.8 Å². The van der Waals surface area contributed by atoms with E-state index in [4.69, 9.17) is 0 Å². The molecule has 0 bridgehead atoms. The maximum atomic E-state index is 12.8. The predicted molar refractivity (Wildman–Crippen MR) is 123 cm³/mol. The van der Waals surface area contributed by atoms with Crippen LogP contribution < -0.4 is 10.0 Å². The highest BCUT2D eigenvalue weighted by atomic mass is 32.2. The maximum absolute atomic E-state index is 12.8. The van der Waals surface area contributed by atoms with Gasteiger partial charge in [-0.05, 0) is 50.6 Å². The van der Waals surface area contributed by atoms with Gasteiger partial charge in [0.2, 0.25) is 10.0 Å². The lowest BCUT2D eigenvalue weighted by Crippen LogP contribution is -2.23. The van der Waals surface area contributed by atoms with Crippen molar-refractivity contribution in [2.45, 2.75) is 38.7 Å². The number of hydrogen-bond donors (Lipinski definition) is 2. The van der Waals surface area contributed by atoms with Gasteiger partial charge in [0.05, 0.1) is 16.5 Å². The number of carbonyl (C=O) groups is 1. The fourth-order valence-electron chi connectivity index (χ4n) is 2.77. The van der Waals surface area contributed by atoms with Crippen LogP contribution in [0, 0.1) is 6.92 Å². The molecule has 0 unspecified atom stereocenters. The summed E-state index contributed by atoms with van der Waals surface area (Å²) in [6, 6.07) is 11.3. The molecule has 0 saturated heterocycles. The Bertz CT molecular complexity index is 1230. The number of sulfonamides is 1. The van der Waals surface area contributed by atoms with Crippen molar-refractivity contribution in [3.8, 4) is 10.6 Å². The van der Waals surface area contributed by atoms with Crippen molar-refractivity contribution in [3.05, 3.63) is 70.2 Å². The third-order valence-electron chi connectivity index (χ3n) is 4.75. The first-order valence-electron chi connectivity index (χ1n) is 9.90. The minimum atomic E-state index is -4.42. The molecule has 0 saturated carbocycles. The molecule has 1 amide bonds. The van der Waals surface area contributed by atoms with Crippen molar-refractivity contribution in [2.24, 2.45) is 0 Å². The number of nitrogens with zero attached hydrogens (tertiary/aromatic N) is 1. The van der Waals surface area contributed by atoms with Gasteiger partial charge in [-0.15, -0.1) is 11.3 Å². The molecule has 0 spiro atoms. The second kappa shape index (κ2) is 9.52.